The van der Waals surface area contributed by atoms with Crippen LogP contribution in [-0.2, 0) is 6.54 Å². The van der Waals surface area contributed by atoms with Crippen molar-refractivity contribution in [2.24, 2.45) is 4.99 Å². The normalized spacial score (nSPS) is 16.2. The zero-order valence-electron chi connectivity index (χ0n) is 17.0. The van der Waals surface area contributed by atoms with E-state index in [1.807, 2.05) is 0 Å². The van der Waals surface area contributed by atoms with E-state index in [4.69, 9.17) is 4.74 Å². The molecular weight excluding hydrogens is 498 g/mol. The van der Waals surface area contributed by atoms with Crippen LogP contribution in [0.3, 0.4) is 0 Å². The number of ether oxygens (including phenoxy) is 1. The molecule has 2 N–H and O–H groups in total. The van der Waals surface area contributed by atoms with Crippen molar-refractivity contribution in [3.63, 3.8) is 0 Å². The summed E-state index contributed by atoms with van der Waals surface area (Å²) in [6.45, 7) is 8.71. The maximum atomic E-state index is 12.2. The third-order valence-corrected chi connectivity index (χ3v) is 4.64. The summed E-state index contributed by atoms with van der Waals surface area (Å²) in [5.41, 5.74) is 0.929. The van der Waals surface area contributed by atoms with Crippen LogP contribution in [0.4, 0.5) is 13.2 Å². The fourth-order valence-electron chi connectivity index (χ4n) is 2.94. The van der Waals surface area contributed by atoms with E-state index in [2.05, 4.69) is 32.3 Å². The first-order valence-electron chi connectivity index (χ1n) is 9.57. The van der Waals surface area contributed by atoms with Gasteiger partial charge in [0.15, 0.2) is 12.6 Å². The minimum Gasteiger partial charge on any atom is -0.484 e. The smallest absolute Gasteiger partial charge is 0.422 e. The van der Waals surface area contributed by atoms with Gasteiger partial charge >= 0.3 is 6.18 Å². The highest BCUT2D eigenvalue weighted by Gasteiger charge is 2.28. The molecule has 0 spiro atoms. The molecule has 166 valence electrons. The standard InChI is InChI=1S/C19H30F3N5O.HI/c1-3-26-10-12-27(13-11-26)9-8-24-18(23-2)25-14-16-4-6-17(7-5-16)28-15-19(20,21)22;/h4-7H,3,8-15H2,1-2H3,(H2,23,24,25);1H. The molecular formula is C19H31F3IN5O. The Kier molecular flexibility index (Phi) is 11.7. The lowest BCUT2D eigenvalue weighted by molar-refractivity contribution is -0.153. The van der Waals surface area contributed by atoms with Crippen molar-refractivity contribution >= 4 is 29.9 Å². The maximum Gasteiger partial charge on any atom is 0.422 e. The molecule has 1 aliphatic heterocycles. The first-order chi connectivity index (χ1) is 13.4. The number of halogens is 4. The predicted molar refractivity (Wildman–Crippen MR) is 120 cm³/mol. The van der Waals surface area contributed by atoms with E-state index in [1.54, 1.807) is 19.2 Å². The Labute approximate surface area is 187 Å². The fraction of sp³-hybridized carbons (Fsp3) is 0.632. The molecule has 0 amide bonds. The highest BCUT2D eigenvalue weighted by molar-refractivity contribution is 14.0. The fourth-order valence-corrected chi connectivity index (χ4v) is 2.94. The van der Waals surface area contributed by atoms with Gasteiger partial charge in [0, 0.05) is 52.9 Å². The predicted octanol–water partition coefficient (Wildman–Crippen LogP) is 2.55. The van der Waals surface area contributed by atoms with E-state index >= 15 is 0 Å². The van der Waals surface area contributed by atoms with E-state index < -0.39 is 12.8 Å². The summed E-state index contributed by atoms with van der Waals surface area (Å²) < 4.78 is 41.2. The Morgan fingerprint density at radius 3 is 2.24 bits per heavy atom. The van der Waals surface area contributed by atoms with E-state index in [9.17, 15) is 13.2 Å². The Hall–Kier alpha value is -1.27. The highest BCUT2D eigenvalue weighted by Crippen LogP contribution is 2.18. The lowest BCUT2D eigenvalue weighted by atomic mass is 10.2. The number of nitrogens with one attached hydrogen (secondary N) is 2. The van der Waals surface area contributed by atoms with Gasteiger partial charge in [-0.25, -0.2) is 0 Å². The number of rotatable bonds is 8. The third-order valence-electron chi connectivity index (χ3n) is 4.64. The molecule has 0 bridgehead atoms. The molecule has 1 aromatic carbocycles. The van der Waals surface area contributed by atoms with Gasteiger partial charge in [-0.3, -0.25) is 9.89 Å². The molecule has 1 saturated heterocycles. The topological polar surface area (TPSA) is 52.1 Å². The number of hydrogen-bond acceptors (Lipinski definition) is 4. The van der Waals surface area contributed by atoms with Gasteiger partial charge in [-0.05, 0) is 24.2 Å². The molecule has 0 aromatic heterocycles. The van der Waals surface area contributed by atoms with Crippen molar-refractivity contribution in [3.05, 3.63) is 29.8 Å². The minimum absolute atomic E-state index is 0. The Morgan fingerprint density at radius 2 is 1.69 bits per heavy atom. The molecule has 10 heteroatoms. The van der Waals surface area contributed by atoms with Gasteiger partial charge in [0.25, 0.3) is 0 Å². The van der Waals surface area contributed by atoms with Crippen LogP contribution in [0.1, 0.15) is 12.5 Å². The van der Waals surface area contributed by atoms with Crippen molar-refractivity contribution in [3.8, 4) is 5.75 Å². The molecule has 29 heavy (non-hydrogen) atoms. The van der Waals surface area contributed by atoms with E-state index in [-0.39, 0.29) is 29.7 Å². The molecule has 0 saturated carbocycles. The average molecular weight is 529 g/mol. The Bertz CT molecular complexity index is 605. The molecule has 1 heterocycles. The molecule has 0 atom stereocenters. The zero-order valence-corrected chi connectivity index (χ0v) is 19.3. The second-order valence-electron chi connectivity index (χ2n) is 6.68. The second-order valence-corrected chi connectivity index (χ2v) is 6.68. The molecule has 1 fully saturated rings. The molecule has 0 unspecified atom stereocenters. The highest BCUT2D eigenvalue weighted by atomic mass is 127. The number of hydrogen-bond donors (Lipinski definition) is 2. The molecule has 0 aliphatic carbocycles. The molecule has 6 nitrogen and oxygen atoms in total. The van der Waals surface area contributed by atoms with Crippen molar-refractivity contribution < 1.29 is 17.9 Å². The SMILES string of the molecule is CCN1CCN(CCNC(=NC)NCc2ccc(OCC(F)(F)F)cc2)CC1.I. The Balaban J connectivity index is 0.00000420. The summed E-state index contributed by atoms with van der Waals surface area (Å²) in [6, 6.07) is 6.54. The number of nitrogens with zero attached hydrogens (tertiary/aromatic N) is 3. The average Bonchev–Trinajstić information content (AvgIpc) is 2.69. The number of guanidine groups is 1. The monoisotopic (exact) mass is 529 g/mol. The van der Waals surface area contributed by atoms with Crippen LogP contribution in [0.25, 0.3) is 0 Å². The lowest BCUT2D eigenvalue weighted by Crippen LogP contribution is -2.49. The number of benzene rings is 1. The summed E-state index contributed by atoms with van der Waals surface area (Å²) >= 11 is 0. The number of aliphatic imine (C=N–C) groups is 1. The summed E-state index contributed by atoms with van der Waals surface area (Å²) in [5.74, 6) is 0.899. The molecule has 2 rings (SSSR count). The van der Waals surface area contributed by atoms with Crippen LogP contribution in [0, 0.1) is 0 Å². The largest absolute Gasteiger partial charge is 0.484 e. The molecule has 1 aliphatic rings. The summed E-state index contributed by atoms with van der Waals surface area (Å²) in [7, 11) is 1.71. The van der Waals surface area contributed by atoms with Crippen LogP contribution < -0.4 is 15.4 Å². The minimum atomic E-state index is -4.33. The van der Waals surface area contributed by atoms with Gasteiger partial charge < -0.3 is 20.3 Å². The van der Waals surface area contributed by atoms with Crippen LogP contribution in [-0.4, -0.2) is 81.4 Å². The van der Waals surface area contributed by atoms with Crippen molar-refractivity contribution in [2.75, 3.05) is 59.5 Å². The maximum absolute atomic E-state index is 12.2. The van der Waals surface area contributed by atoms with Gasteiger partial charge in [-0.1, -0.05) is 19.1 Å². The zero-order chi connectivity index (χ0) is 20.4. The number of piperazine rings is 1. The van der Waals surface area contributed by atoms with Crippen molar-refractivity contribution in [1.82, 2.24) is 20.4 Å². The van der Waals surface area contributed by atoms with Gasteiger partial charge in [-0.15, -0.1) is 24.0 Å². The van der Waals surface area contributed by atoms with Crippen LogP contribution >= 0.6 is 24.0 Å². The van der Waals surface area contributed by atoms with E-state index in [0.717, 1.165) is 51.4 Å². The second kappa shape index (κ2) is 13.1. The van der Waals surface area contributed by atoms with Gasteiger partial charge in [0.05, 0.1) is 0 Å². The summed E-state index contributed by atoms with van der Waals surface area (Å²) in [4.78, 5) is 9.09. The number of alkyl halides is 3. The Morgan fingerprint density at radius 1 is 1.07 bits per heavy atom. The van der Waals surface area contributed by atoms with E-state index in [0.29, 0.717) is 12.5 Å². The quantitative estimate of drug-likeness (QED) is 0.308. The van der Waals surface area contributed by atoms with Crippen LogP contribution in [0.5, 0.6) is 5.75 Å². The summed E-state index contributed by atoms with van der Waals surface area (Å²) in [5, 5.41) is 6.50. The van der Waals surface area contributed by atoms with E-state index in [1.165, 1.54) is 12.1 Å². The van der Waals surface area contributed by atoms with Gasteiger partial charge in [0.1, 0.15) is 5.75 Å². The van der Waals surface area contributed by atoms with Crippen LogP contribution in [0.15, 0.2) is 29.3 Å². The molecule has 1 aromatic rings. The lowest BCUT2D eigenvalue weighted by Gasteiger charge is -2.34. The first-order valence-corrected chi connectivity index (χ1v) is 9.57. The van der Waals surface area contributed by atoms with Crippen molar-refractivity contribution in [1.29, 1.82) is 0 Å². The number of likely N-dealkylation sites (N-methyl/N-ethyl adjacent to an activating group) is 1. The molecule has 0 radical (unpaired) electrons. The van der Waals surface area contributed by atoms with Crippen molar-refractivity contribution in [2.45, 2.75) is 19.6 Å². The van der Waals surface area contributed by atoms with Gasteiger partial charge in [0.2, 0.25) is 0 Å². The third kappa shape index (κ3) is 10.4. The van der Waals surface area contributed by atoms with Gasteiger partial charge in [-0.2, -0.15) is 13.2 Å². The summed E-state index contributed by atoms with van der Waals surface area (Å²) in [6.07, 6.45) is -4.33. The van der Waals surface area contributed by atoms with Crippen LogP contribution in [0.2, 0.25) is 0 Å². The first kappa shape index (κ1) is 25.8.